The zero-order valence-corrected chi connectivity index (χ0v) is 8.03. The number of thiol groups is 1. The van der Waals surface area contributed by atoms with E-state index >= 15 is 0 Å². The molecule has 1 aromatic heterocycles. The largest absolute Gasteiger partial charge is 0.151 e. The van der Waals surface area contributed by atoms with Gasteiger partial charge in [-0.15, -0.1) is 11.3 Å². The van der Waals surface area contributed by atoms with Crippen molar-refractivity contribution in [2.75, 3.05) is 0 Å². The predicted molar refractivity (Wildman–Crippen MR) is 56.2 cm³/mol. The fraction of sp³-hybridized carbons (Fsp3) is 0.111. The Morgan fingerprint density at radius 3 is 2.73 bits per heavy atom. The van der Waals surface area contributed by atoms with Crippen LogP contribution in [0.25, 0.3) is 6.08 Å². The minimum atomic E-state index is 1.29. The Kier molecular flexibility index (Phi) is 3.46. The van der Waals surface area contributed by atoms with Crippen molar-refractivity contribution in [2.45, 2.75) is 6.92 Å². The molecule has 0 aromatic carbocycles. The molecule has 0 bridgehead atoms. The van der Waals surface area contributed by atoms with Crippen molar-refractivity contribution in [3.05, 3.63) is 39.4 Å². The molecule has 0 fully saturated rings. The molecule has 1 heterocycles. The molecule has 58 valence electrons. The topological polar surface area (TPSA) is 0 Å². The summed E-state index contributed by atoms with van der Waals surface area (Å²) in [4.78, 5) is 2.63. The van der Waals surface area contributed by atoms with Crippen LogP contribution < -0.4 is 0 Å². The van der Waals surface area contributed by atoms with E-state index < -0.39 is 0 Å². The maximum Gasteiger partial charge on any atom is 0.0273 e. The SMILES string of the molecule is Cc1ccc(/C=C/C=C\S)s1. The second kappa shape index (κ2) is 4.42. The van der Waals surface area contributed by atoms with Crippen LogP contribution in [0.1, 0.15) is 9.75 Å². The number of rotatable bonds is 2. The van der Waals surface area contributed by atoms with Gasteiger partial charge in [-0.3, -0.25) is 0 Å². The third-order valence-electron chi connectivity index (χ3n) is 1.22. The van der Waals surface area contributed by atoms with Gasteiger partial charge >= 0.3 is 0 Å². The Hall–Kier alpha value is -0.470. The van der Waals surface area contributed by atoms with Crippen molar-refractivity contribution in [1.29, 1.82) is 0 Å². The zero-order valence-electron chi connectivity index (χ0n) is 6.32. The van der Waals surface area contributed by atoms with E-state index in [1.165, 1.54) is 9.75 Å². The molecule has 0 saturated heterocycles. The fourth-order valence-corrected chi connectivity index (χ4v) is 1.63. The second-order valence-corrected chi connectivity index (χ2v) is 3.77. The Labute approximate surface area is 76.7 Å². The molecule has 2 heteroatoms. The van der Waals surface area contributed by atoms with Crippen LogP contribution in [0, 0.1) is 6.92 Å². The summed E-state index contributed by atoms with van der Waals surface area (Å²) in [5.41, 5.74) is 0. The highest BCUT2D eigenvalue weighted by atomic mass is 32.1. The molecule has 11 heavy (non-hydrogen) atoms. The molecular formula is C9H10S2. The van der Waals surface area contributed by atoms with Gasteiger partial charge in [0.15, 0.2) is 0 Å². The van der Waals surface area contributed by atoms with Crippen LogP contribution in [0.15, 0.2) is 29.7 Å². The molecular weight excluding hydrogens is 172 g/mol. The molecule has 0 aliphatic heterocycles. The van der Waals surface area contributed by atoms with Crippen molar-refractivity contribution in [1.82, 2.24) is 0 Å². The van der Waals surface area contributed by atoms with Crippen LogP contribution in [-0.2, 0) is 0 Å². The number of hydrogen-bond acceptors (Lipinski definition) is 2. The Morgan fingerprint density at radius 2 is 2.18 bits per heavy atom. The van der Waals surface area contributed by atoms with Gasteiger partial charge in [-0.2, -0.15) is 12.6 Å². The molecule has 0 atom stereocenters. The minimum Gasteiger partial charge on any atom is -0.151 e. The first kappa shape index (κ1) is 8.62. The molecule has 1 aromatic rings. The molecule has 0 aliphatic carbocycles. The highest BCUT2D eigenvalue weighted by Crippen LogP contribution is 2.16. The van der Waals surface area contributed by atoms with E-state index in [-0.39, 0.29) is 0 Å². The van der Waals surface area contributed by atoms with Crippen LogP contribution in [0.3, 0.4) is 0 Å². The Balaban J connectivity index is 2.64. The summed E-state index contributed by atoms with van der Waals surface area (Å²) >= 11 is 5.74. The van der Waals surface area contributed by atoms with Gasteiger partial charge in [0.2, 0.25) is 0 Å². The van der Waals surface area contributed by atoms with E-state index in [9.17, 15) is 0 Å². The van der Waals surface area contributed by atoms with E-state index in [0.717, 1.165) is 0 Å². The normalized spacial score (nSPS) is 11.8. The van der Waals surface area contributed by atoms with Crippen molar-refractivity contribution in [3.8, 4) is 0 Å². The van der Waals surface area contributed by atoms with Crippen LogP contribution in [0.2, 0.25) is 0 Å². The van der Waals surface area contributed by atoms with E-state index in [2.05, 4.69) is 37.8 Å². The molecule has 1 rings (SSSR count). The van der Waals surface area contributed by atoms with Gasteiger partial charge < -0.3 is 0 Å². The summed E-state index contributed by atoms with van der Waals surface area (Å²) in [6, 6.07) is 4.23. The highest BCUT2D eigenvalue weighted by molar-refractivity contribution is 7.83. The van der Waals surface area contributed by atoms with Crippen molar-refractivity contribution < 1.29 is 0 Å². The summed E-state index contributed by atoms with van der Waals surface area (Å²) in [6.45, 7) is 2.11. The standard InChI is InChI=1S/C9H10S2/c1-8-5-6-9(11-8)4-2-3-7-10/h2-7,10H,1H3/b4-2+,7-3-. The van der Waals surface area contributed by atoms with Crippen LogP contribution >= 0.6 is 24.0 Å². The van der Waals surface area contributed by atoms with Crippen molar-refractivity contribution in [2.24, 2.45) is 0 Å². The average molecular weight is 182 g/mol. The average Bonchev–Trinajstić information content (AvgIpc) is 2.37. The van der Waals surface area contributed by atoms with Gasteiger partial charge in [-0.1, -0.05) is 12.2 Å². The van der Waals surface area contributed by atoms with Gasteiger partial charge in [0.25, 0.3) is 0 Å². The van der Waals surface area contributed by atoms with Crippen molar-refractivity contribution in [3.63, 3.8) is 0 Å². The zero-order chi connectivity index (χ0) is 8.10. The lowest BCUT2D eigenvalue weighted by Crippen LogP contribution is -1.52. The van der Waals surface area contributed by atoms with Crippen LogP contribution in [0.5, 0.6) is 0 Å². The molecule has 0 amide bonds. The molecule has 0 spiro atoms. The van der Waals surface area contributed by atoms with E-state index in [1.807, 2.05) is 12.2 Å². The van der Waals surface area contributed by atoms with Crippen LogP contribution in [0.4, 0.5) is 0 Å². The van der Waals surface area contributed by atoms with Crippen LogP contribution in [-0.4, -0.2) is 0 Å². The van der Waals surface area contributed by atoms with Gasteiger partial charge in [0.1, 0.15) is 0 Å². The smallest absolute Gasteiger partial charge is 0.0273 e. The van der Waals surface area contributed by atoms with Gasteiger partial charge in [-0.05, 0) is 30.5 Å². The molecule has 0 aliphatic rings. The number of allylic oxidation sites excluding steroid dienone is 2. The summed E-state index contributed by atoms with van der Waals surface area (Å²) in [7, 11) is 0. The molecule has 0 unspecified atom stereocenters. The first-order valence-corrected chi connectivity index (χ1v) is 4.70. The number of thiophene rings is 1. The fourth-order valence-electron chi connectivity index (χ4n) is 0.743. The maximum absolute atomic E-state index is 3.94. The first-order chi connectivity index (χ1) is 5.33. The lowest BCUT2D eigenvalue weighted by atomic mass is 10.4. The second-order valence-electron chi connectivity index (χ2n) is 2.15. The number of aryl methyl sites for hydroxylation is 1. The van der Waals surface area contributed by atoms with E-state index in [0.29, 0.717) is 0 Å². The monoisotopic (exact) mass is 182 g/mol. The molecule has 0 nitrogen and oxygen atoms in total. The molecule has 0 saturated carbocycles. The quantitative estimate of drug-likeness (QED) is 0.525. The highest BCUT2D eigenvalue weighted by Gasteiger charge is 1.88. The van der Waals surface area contributed by atoms with Gasteiger partial charge in [0, 0.05) is 9.75 Å². The third kappa shape index (κ3) is 2.95. The summed E-state index contributed by atoms with van der Waals surface area (Å²) < 4.78 is 0. The summed E-state index contributed by atoms with van der Waals surface area (Å²) in [5.74, 6) is 0. The van der Waals surface area contributed by atoms with Gasteiger partial charge in [0.05, 0.1) is 0 Å². The van der Waals surface area contributed by atoms with Crippen molar-refractivity contribution >= 4 is 30.0 Å². The lowest BCUT2D eigenvalue weighted by Gasteiger charge is -1.79. The molecule has 0 N–H and O–H groups in total. The minimum absolute atomic E-state index is 1.29. The van der Waals surface area contributed by atoms with E-state index in [4.69, 9.17) is 0 Å². The summed E-state index contributed by atoms with van der Waals surface area (Å²) in [6.07, 6.45) is 5.96. The van der Waals surface area contributed by atoms with E-state index in [1.54, 1.807) is 16.7 Å². The first-order valence-electron chi connectivity index (χ1n) is 3.37. The molecule has 0 radical (unpaired) electrons. The maximum atomic E-state index is 3.94. The van der Waals surface area contributed by atoms with Gasteiger partial charge in [-0.25, -0.2) is 0 Å². The predicted octanol–water partition coefficient (Wildman–Crippen LogP) is 3.51. The third-order valence-corrected chi connectivity index (χ3v) is 2.36. The lowest BCUT2D eigenvalue weighted by molar-refractivity contribution is 1.64. The number of hydrogen-bond donors (Lipinski definition) is 1. The summed E-state index contributed by atoms with van der Waals surface area (Å²) in [5, 5.41) is 1.72. The Bertz CT molecular complexity index is 269. The Morgan fingerprint density at radius 1 is 1.36 bits per heavy atom.